The number of hydrogen-bond acceptors (Lipinski definition) is 5. The van der Waals surface area contributed by atoms with E-state index >= 15 is 0 Å². The van der Waals surface area contributed by atoms with Crippen molar-refractivity contribution in [2.75, 3.05) is 25.6 Å². The van der Waals surface area contributed by atoms with E-state index in [1.54, 1.807) is 19.4 Å². The maximum Gasteiger partial charge on any atom is 0.144 e. The van der Waals surface area contributed by atoms with Crippen LogP contribution in [0.25, 0.3) is 0 Å². The summed E-state index contributed by atoms with van der Waals surface area (Å²) in [6.45, 7) is 1.48. The molecule has 0 bridgehead atoms. The molecule has 100 valence electrons. The molecule has 0 radical (unpaired) electrons. The zero-order valence-electron chi connectivity index (χ0n) is 10.9. The lowest BCUT2D eigenvalue weighted by Crippen LogP contribution is -2.07. The Hall–Kier alpha value is -2.14. The molecule has 0 atom stereocenters. The highest BCUT2D eigenvalue weighted by atomic mass is 16.5. The Morgan fingerprint density at radius 3 is 2.58 bits per heavy atom. The van der Waals surface area contributed by atoms with Crippen LogP contribution in [0, 0.1) is 0 Å². The molecule has 0 spiro atoms. The summed E-state index contributed by atoms with van der Waals surface area (Å²) in [5, 5.41) is 2.91. The molecule has 1 heterocycles. The second-order valence-corrected chi connectivity index (χ2v) is 3.86. The highest BCUT2D eigenvalue weighted by Crippen LogP contribution is 2.07. The fourth-order valence-electron chi connectivity index (χ4n) is 1.47. The Bertz CT molecular complexity index is 474. The van der Waals surface area contributed by atoms with Crippen molar-refractivity contribution in [3.63, 3.8) is 0 Å². The maximum atomic E-state index is 5.51. The zero-order valence-corrected chi connectivity index (χ0v) is 10.9. The van der Waals surface area contributed by atoms with Gasteiger partial charge in [0.1, 0.15) is 18.2 Å². The molecule has 0 aliphatic rings. The minimum atomic E-state index is 0.440. The van der Waals surface area contributed by atoms with Gasteiger partial charge in [0, 0.05) is 7.05 Å². The minimum absolute atomic E-state index is 0.440. The third kappa shape index (κ3) is 4.56. The van der Waals surface area contributed by atoms with Gasteiger partial charge in [0.05, 0.1) is 31.3 Å². The molecule has 2 aromatic rings. The lowest BCUT2D eigenvalue weighted by atomic mass is 10.3. The molecule has 0 aliphatic carbocycles. The summed E-state index contributed by atoms with van der Waals surface area (Å²) >= 11 is 0. The highest BCUT2D eigenvalue weighted by Gasteiger charge is 1.97. The largest absolute Gasteiger partial charge is 0.491 e. The third-order valence-electron chi connectivity index (χ3n) is 2.45. The molecule has 5 heteroatoms. The van der Waals surface area contributed by atoms with Gasteiger partial charge in [-0.3, -0.25) is 4.98 Å². The molecule has 0 fully saturated rings. The van der Waals surface area contributed by atoms with Crippen molar-refractivity contribution in [2.24, 2.45) is 0 Å². The van der Waals surface area contributed by atoms with Gasteiger partial charge in [0.25, 0.3) is 0 Å². The number of nitrogens with zero attached hydrogens (tertiary/aromatic N) is 2. The van der Waals surface area contributed by atoms with E-state index in [9.17, 15) is 0 Å². The summed E-state index contributed by atoms with van der Waals surface area (Å²) in [4.78, 5) is 8.37. The minimum Gasteiger partial charge on any atom is -0.491 e. The van der Waals surface area contributed by atoms with Gasteiger partial charge in [0.2, 0.25) is 0 Å². The van der Waals surface area contributed by atoms with Crippen molar-refractivity contribution in [3.8, 4) is 5.75 Å². The molecule has 0 saturated heterocycles. The molecule has 1 aromatic carbocycles. The molecule has 1 N–H and O–H groups in total. The monoisotopic (exact) mass is 259 g/mol. The number of para-hydroxylation sites is 1. The molecular weight excluding hydrogens is 242 g/mol. The Labute approximate surface area is 112 Å². The summed E-state index contributed by atoms with van der Waals surface area (Å²) in [7, 11) is 1.81. The molecule has 0 saturated carbocycles. The smallest absolute Gasteiger partial charge is 0.144 e. The van der Waals surface area contributed by atoms with Crippen molar-refractivity contribution in [1.29, 1.82) is 0 Å². The first-order valence-electron chi connectivity index (χ1n) is 6.13. The normalized spacial score (nSPS) is 10.2. The summed E-state index contributed by atoms with van der Waals surface area (Å²) in [5.74, 6) is 1.60. The maximum absolute atomic E-state index is 5.51. The third-order valence-corrected chi connectivity index (χ3v) is 2.45. The van der Waals surface area contributed by atoms with Crippen LogP contribution in [-0.2, 0) is 11.3 Å². The highest BCUT2D eigenvalue weighted by molar-refractivity contribution is 5.29. The molecular formula is C14H17N3O2. The Morgan fingerprint density at radius 2 is 1.89 bits per heavy atom. The van der Waals surface area contributed by atoms with E-state index in [4.69, 9.17) is 9.47 Å². The lowest BCUT2D eigenvalue weighted by molar-refractivity contribution is 0.0868. The van der Waals surface area contributed by atoms with Gasteiger partial charge in [0.15, 0.2) is 0 Å². The number of ether oxygens (including phenoxy) is 2. The molecule has 1 aromatic heterocycles. The lowest BCUT2D eigenvalue weighted by Gasteiger charge is -2.07. The van der Waals surface area contributed by atoms with Gasteiger partial charge in [-0.1, -0.05) is 18.2 Å². The van der Waals surface area contributed by atoms with E-state index in [-0.39, 0.29) is 0 Å². The summed E-state index contributed by atoms with van der Waals surface area (Å²) in [5.41, 5.74) is 0.804. The van der Waals surface area contributed by atoms with Gasteiger partial charge < -0.3 is 14.8 Å². The molecule has 2 rings (SSSR count). The van der Waals surface area contributed by atoms with E-state index in [0.29, 0.717) is 19.8 Å². The number of aromatic nitrogens is 2. The van der Waals surface area contributed by atoms with Crippen LogP contribution >= 0.6 is 0 Å². The van der Waals surface area contributed by atoms with Crippen LogP contribution in [0.5, 0.6) is 5.75 Å². The van der Waals surface area contributed by atoms with Gasteiger partial charge >= 0.3 is 0 Å². The van der Waals surface area contributed by atoms with E-state index < -0.39 is 0 Å². The first-order valence-corrected chi connectivity index (χ1v) is 6.13. The van der Waals surface area contributed by atoms with Gasteiger partial charge in [-0.05, 0) is 12.1 Å². The van der Waals surface area contributed by atoms with Gasteiger partial charge in [-0.15, -0.1) is 0 Å². The first-order chi connectivity index (χ1) is 9.38. The molecule has 0 aliphatic heterocycles. The topological polar surface area (TPSA) is 56.3 Å². The fraction of sp³-hybridized carbons (Fsp3) is 0.286. The van der Waals surface area contributed by atoms with Crippen molar-refractivity contribution >= 4 is 5.82 Å². The van der Waals surface area contributed by atoms with Crippen LogP contribution in [-0.4, -0.2) is 30.2 Å². The fourth-order valence-corrected chi connectivity index (χ4v) is 1.47. The summed E-state index contributed by atoms with van der Waals surface area (Å²) in [6, 6.07) is 9.67. The van der Waals surface area contributed by atoms with Crippen LogP contribution < -0.4 is 10.1 Å². The predicted octanol–water partition coefficient (Wildman–Crippen LogP) is 2.11. The Kier molecular flexibility index (Phi) is 5.13. The van der Waals surface area contributed by atoms with Crippen LogP contribution in [0.4, 0.5) is 5.82 Å². The molecule has 0 amide bonds. The Balaban J connectivity index is 1.63. The quantitative estimate of drug-likeness (QED) is 0.772. The van der Waals surface area contributed by atoms with Crippen molar-refractivity contribution < 1.29 is 9.47 Å². The number of anilines is 1. The standard InChI is InChI=1S/C14H17N3O2/c1-15-14-10-16-12(9-17-14)11-18-7-8-19-13-5-3-2-4-6-13/h2-6,9-10H,7-8,11H2,1H3,(H,15,17). The average Bonchev–Trinajstić information content (AvgIpc) is 2.49. The molecule has 0 unspecified atom stereocenters. The van der Waals surface area contributed by atoms with Crippen LogP contribution in [0.1, 0.15) is 5.69 Å². The van der Waals surface area contributed by atoms with Gasteiger partial charge in [-0.25, -0.2) is 4.98 Å². The van der Waals surface area contributed by atoms with Crippen molar-refractivity contribution in [3.05, 3.63) is 48.4 Å². The number of hydrogen-bond donors (Lipinski definition) is 1. The van der Waals surface area contributed by atoms with Crippen LogP contribution in [0.3, 0.4) is 0 Å². The van der Waals surface area contributed by atoms with Crippen molar-refractivity contribution in [2.45, 2.75) is 6.61 Å². The zero-order chi connectivity index (χ0) is 13.3. The number of nitrogens with one attached hydrogen (secondary N) is 1. The Morgan fingerprint density at radius 1 is 1.05 bits per heavy atom. The first kappa shape index (κ1) is 13.3. The van der Waals surface area contributed by atoms with Crippen LogP contribution in [0.15, 0.2) is 42.7 Å². The SMILES string of the molecule is CNc1cnc(COCCOc2ccccc2)cn1. The van der Waals surface area contributed by atoms with Crippen molar-refractivity contribution in [1.82, 2.24) is 9.97 Å². The van der Waals surface area contributed by atoms with Gasteiger partial charge in [-0.2, -0.15) is 0 Å². The van der Waals surface area contributed by atoms with E-state index in [1.807, 2.05) is 30.3 Å². The predicted molar refractivity (Wildman–Crippen MR) is 73.2 cm³/mol. The van der Waals surface area contributed by atoms with E-state index in [1.165, 1.54) is 0 Å². The second kappa shape index (κ2) is 7.33. The van der Waals surface area contributed by atoms with Crippen LogP contribution in [0.2, 0.25) is 0 Å². The van der Waals surface area contributed by atoms with E-state index in [0.717, 1.165) is 17.3 Å². The molecule has 19 heavy (non-hydrogen) atoms. The number of benzene rings is 1. The average molecular weight is 259 g/mol. The molecule has 5 nitrogen and oxygen atoms in total. The summed E-state index contributed by atoms with van der Waals surface area (Å²) in [6.07, 6.45) is 3.38. The number of rotatable bonds is 7. The second-order valence-electron chi connectivity index (χ2n) is 3.86. The van der Waals surface area contributed by atoms with E-state index in [2.05, 4.69) is 15.3 Å². The summed E-state index contributed by atoms with van der Waals surface area (Å²) < 4.78 is 11.0.